The summed E-state index contributed by atoms with van der Waals surface area (Å²) in [4.78, 5) is 39.1. The third-order valence-electron chi connectivity index (χ3n) is 7.46. The van der Waals surface area contributed by atoms with Gasteiger partial charge in [0.15, 0.2) is 0 Å². The highest BCUT2D eigenvalue weighted by Crippen LogP contribution is 2.42. The number of halogens is 2. The molecular formula is C29H25ClFN3O4. The van der Waals surface area contributed by atoms with Crippen molar-refractivity contribution in [3.8, 4) is 0 Å². The topological polar surface area (TPSA) is 91.6 Å². The van der Waals surface area contributed by atoms with Crippen LogP contribution in [-0.2, 0) is 11.2 Å². The number of carbonyl (C=O) groups is 2. The molecule has 38 heavy (non-hydrogen) atoms. The second kappa shape index (κ2) is 9.44. The van der Waals surface area contributed by atoms with Gasteiger partial charge in [-0.1, -0.05) is 54.1 Å². The van der Waals surface area contributed by atoms with Gasteiger partial charge in [-0.3, -0.25) is 9.59 Å². The Balaban J connectivity index is 1.26. The van der Waals surface area contributed by atoms with Crippen molar-refractivity contribution in [3.63, 3.8) is 0 Å². The van der Waals surface area contributed by atoms with E-state index in [0.717, 1.165) is 35.2 Å². The summed E-state index contributed by atoms with van der Waals surface area (Å²) in [6.45, 7) is 0.840. The zero-order valence-corrected chi connectivity index (χ0v) is 21.2. The molecule has 1 aromatic heterocycles. The normalized spacial score (nSPS) is 17.3. The summed E-state index contributed by atoms with van der Waals surface area (Å²) >= 11 is 6.75. The summed E-state index contributed by atoms with van der Waals surface area (Å²) in [5.41, 5.74) is 0.309. The lowest BCUT2D eigenvalue weighted by Gasteiger charge is -2.23. The molecule has 2 heterocycles. The summed E-state index contributed by atoms with van der Waals surface area (Å²) in [6, 6.07) is 14.7. The van der Waals surface area contributed by atoms with E-state index in [9.17, 15) is 19.5 Å². The van der Waals surface area contributed by atoms with Crippen molar-refractivity contribution < 1.29 is 19.1 Å². The van der Waals surface area contributed by atoms with Crippen LogP contribution in [0.25, 0.3) is 21.7 Å². The Bertz CT molecular complexity index is 1680. The van der Waals surface area contributed by atoms with Crippen LogP contribution in [0.15, 0.2) is 59.5 Å². The predicted molar refractivity (Wildman–Crippen MR) is 145 cm³/mol. The molecule has 1 amide bonds. The van der Waals surface area contributed by atoms with Crippen LogP contribution in [0, 0.1) is 5.82 Å². The van der Waals surface area contributed by atoms with Gasteiger partial charge in [-0.2, -0.15) is 0 Å². The van der Waals surface area contributed by atoms with Gasteiger partial charge in [0.05, 0.1) is 28.0 Å². The number of anilines is 1. The SMILES string of the molecule is O=C(Cc1cccc2ccccc12)NC1CCN(c2c(F)cc3c(=O)c(C(=O)O)cn(C4CC4)c3c2Cl)C1. The number of carboxylic acids is 1. The number of nitrogens with zero attached hydrogens (tertiary/aromatic N) is 2. The maximum atomic E-state index is 15.4. The van der Waals surface area contributed by atoms with Crippen molar-refractivity contribution >= 4 is 50.8 Å². The molecule has 1 saturated heterocycles. The lowest BCUT2D eigenvalue weighted by Crippen LogP contribution is -2.38. The summed E-state index contributed by atoms with van der Waals surface area (Å²) < 4.78 is 17.1. The molecule has 2 aliphatic rings. The van der Waals surface area contributed by atoms with Crippen LogP contribution >= 0.6 is 11.6 Å². The average Bonchev–Trinajstić information content (AvgIpc) is 3.64. The van der Waals surface area contributed by atoms with E-state index in [2.05, 4.69) is 5.32 Å². The highest BCUT2D eigenvalue weighted by atomic mass is 35.5. The number of fused-ring (bicyclic) bond motifs is 2. The number of nitrogens with one attached hydrogen (secondary N) is 1. The van der Waals surface area contributed by atoms with Gasteiger partial charge >= 0.3 is 5.97 Å². The molecule has 1 atom stereocenters. The smallest absolute Gasteiger partial charge is 0.341 e. The molecule has 1 aliphatic heterocycles. The zero-order chi connectivity index (χ0) is 26.6. The first-order chi connectivity index (χ1) is 18.3. The molecule has 0 radical (unpaired) electrons. The van der Waals surface area contributed by atoms with Crippen LogP contribution in [0.2, 0.25) is 5.02 Å². The van der Waals surface area contributed by atoms with Gasteiger partial charge in [0.1, 0.15) is 11.4 Å². The van der Waals surface area contributed by atoms with E-state index in [0.29, 0.717) is 25.0 Å². The lowest BCUT2D eigenvalue weighted by molar-refractivity contribution is -0.121. The van der Waals surface area contributed by atoms with Crippen molar-refractivity contribution in [3.05, 3.63) is 86.9 Å². The molecule has 0 bridgehead atoms. The number of rotatable bonds is 6. The van der Waals surface area contributed by atoms with Crippen molar-refractivity contribution in [1.29, 1.82) is 0 Å². The van der Waals surface area contributed by atoms with Crippen molar-refractivity contribution in [2.75, 3.05) is 18.0 Å². The summed E-state index contributed by atoms with van der Waals surface area (Å²) in [5.74, 6) is -2.15. The molecule has 194 valence electrons. The minimum atomic E-state index is -1.35. The number of hydrogen-bond donors (Lipinski definition) is 2. The van der Waals surface area contributed by atoms with Gasteiger partial charge in [0.25, 0.3) is 0 Å². The highest BCUT2D eigenvalue weighted by Gasteiger charge is 2.32. The second-order valence-corrected chi connectivity index (χ2v) is 10.4. The number of carboxylic acid groups (broad SMARTS) is 1. The fourth-order valence-electron chi connectivity index (χ4n) is 5.49. The molecule has 1 aliphatic carbocycles. The van der Waals surface area contributed by atoms with E-state index in [4.69, 9.17) is 11.6 Å². The predicted octanol–water partition coefficient (Wildman–Crippen LogP) is 4.92. The Morgan fingerprint density at radius 2 is 1.84 bits per heavy atom. The fourth-order valence-corrected chi connectivity index (χ4v) is 5.90. The number of amides is 1. The Kier molecular flexibility index (Phi) is 6.07. The van der Waals surface area contributed by atoms with Gasteiger partial charge in [-0.15, -0.1) is 0 Å². The first-order valence-corrected chi connectivity index (χ1v) is 13.0. The van der Waals surface area contributed by atoms with E-state index < -0.39 is 22.8 Å². The number of aromatic carboxylic acids is 1. The standard InChI is InChI=1S/C29H25ClFN3O4/c30-25-26-21(28(36)22(29(37)38)15-34(26)19-8-9-19)13-23(31)27(25)33-11-10-18(14-33)32-24(35)12-17-6-3-5-16-4-1-2-7-20(16)17/h1-7,13,15,18-19H,8-12,14H2,(H,32,35)(H,37,38). The number of benzene rings is 3. The third-order valence-corrected chi connectivity index (χ3v) is 7.81. The van der Waals surface area contributed by atoms with Crippen LogP contribution < -0.4 is 15.6 Å². The largest absolute Gasteiger partial charge is 0.477 e. The number of pyridine rings is 1. The van der Waals surface area contributed by atoms with E-state index in [1.165, 1.54) is 6.20 Å². The van der Waals surface area contributed by atoms with Gasteiger partial charge < -0.3 is 19.9 Å². The third kappa shape index (κ3) is 4.28. The average molecular weight is 534 g/mol. The Labute approximate surface area is 222 Å². The summed E-state index contributed by atoms with van der Waals surface area (Å²) in [5, 5.41) is 14.7. The van der Waals surface area contributed by atoms with Crippen molar-refractivity contribution in [2.45, 2.75) is 37.8 Å². The minimum Gasteiger partial charge on any atom is -0.477 e. The quantitative estimate of drug-likeness (QED) is 0.367. The van der Waals surface area contributed by atoms with Crippen LogP contribution in [-0.4, -0.2) is 40.7 Å². The van der Waals surface area contributed by atoms with Crippen LogP contribution in [0.3, 0.4) is 0 Å². The fraction of sp³-hybridized carbons (Fsp3) is 0.276. The molecular weight excluding hydrogens is 509 g/mol. The van der Waals surface area contributed by atoms with E-state index in [1.54, 1.807) is 9.47 Å². The van der Waals surface area contributed by atoms with Gasteiger partial charge in [0, 0.05) is 31.4 Å². The Morgan fingerprint density at radius 1 is 1.08 bits per heavy atom. The molecule has 2 N–H and O–H groups in total. The van der Waals surface area contributed by atoms with Crippen LogP contribution in [0.5, 0.6) is 0 Å². The molecule has 4 aromatic rings. The molecule has 0 spiro atoms. The Morgan fingerprint density at radius 3 is 2.61 bits per heavy atom. The first kappa shape index (κ1) is 24.4. The van der Waals surface area contributed by atoms with E-state index in [1.807, 2.05) is 42.5 Å². The monoisotopic (exact) mass is 533 g/mol. The molecule has 9 heteroatoms. The van der Waals surface area contributed by atoms with Gasteiger partial charge in [0.2, 0.25) is 11.3 Å². The molecule has 2 fully saturated rings. The number of hydrogen-bond acceptors (Lipinski definition) is 4. The first-order valence-electron chi connectivity index (χ1n) is 12.6. The molecule has 3 aromatic carbocycles. The minimum absolute atomic E-state index is 0.0201. The molecule has 1 saturated carbocycles. The van der Waals surface area contributed by atoms with E-state index >= 15 is 4.39 Å². The molecule has 6 rings (SSSR count). The number of carbonyl (C=O) groups excluding carboxylic acids is 1. The Hall–Kier alpha value is -3.91. The molecule has 1 unspecified atom stereocenters. The summed E-state index contributed by atoms with van der Waals surface area (Å²) in [7, 11) is 0. The summed E-state index contributed by atoms with van der Waals surface area (Å²) in [6.07, 6.45) is 3.83. The highest BCUT2D eigenvalue weighted by molar-refractivity contribution is 6.38. The van der Waals surface area contributed by atoms with E-state index in [-0.39, 0.29) is 40.5 Å². The van der Waals surface area contributed by atoms with Crippen LogP contribution in [0.4, 0.5) is 10.1 Å². The second-order valence-electron chi connectivity index (χ2n) is 10.0. The number of aromatic nitrogens is 1. The lowest BCUT2D eigenvalue weighted by atomic mass is 10.0. The maximum Gasteiger partial charge on any atom is 0.341 e. The van der Waals surface area contributed by atoms with Crippen molar-refractivity contribution in [1.82, 2.24) is 9.88 Å². The van der Waals surface area contributed by atoms with Gasteiger partial charge in [-0.25, -0.2) is 9.18 Å². The zero-order valence-electron chi connectivity index (χ0n) is 20.4. The molecule has 7 nitrogen and oxygen atoms in total. The van der Waals surface area contributed by atoms with Crippen molar-refractivity contribution in [2.24, 2.45) is 0 Å². The van der Waals surface area contributed by atoms with Gasteiger partial charge in [-0.05, 0) is 41.7 Å². The van der Waals surface area contributed by atoms with Crippen LogP contribution in [0.1, 0.15) is 41.2 Å². The maximum absolute atomic E-state index is 15.4.